The molecular formula is C17H27. The summed E-state index contributed by atoms with van der Waals surface area (Å²) >= 11 is 0. The summed E-state index contributed by atoms with van der Waals surface area (Å²) in [7, 11) is 0. The van der Waals surface area contributed by atoms with Crippen LogP contribution >= 0.6 is 0 Å². The van der Waals surface area contributed by atoms with Gasteiger partial charge in [-0.2, -0.15) is 0 Å². The fourth-order valence-electron chi connectivity index (χ4n) is 2.42. The van der Waals surface area contributed by atoms with Crippen LogP contribution in [0, 0.1) is 6.07 Å². The minimum absolute atomic E-state index is 0.779. The van der Waals surface area contributed by atoms with Crippen LogP contribution in [0.25, 0.3) is 0 Å². The van der Waals surface area contributed by atoms with Crippen molar-refractivity contribution in [2.45, 2.75) is 71.1 Å². The van der Waals surface area contributed by atoms with E-state index in [1.807, 2.05) is 0 Å². The monoisotopic (exact) mass is 231 g/mol. The first-order valence-corrected chi connectivity index (χ1v) is 7.34. The van der Waals surface area contributed by atoms with Crippen LogP contribution < -0.4 is 0 Å². The van der Waals surface area contributed by atoms with Crippen molar-refractivity contribution in [2.75, 3.05) is 0 Å². The fourth-order valence-corrected chi connectivity index (χ4v) is 2.42. The van der Waals surface area contributed by atoms with Crippen molar-refractivity contribution in [3.8, 4) is 0 Å². The van der Waals surface area contributed by atoms with Gasteiger partial charge in [0.25, 0.3) is 0 Å². The number of rotatable bonds is 9. The maximum atomic E-state index is 3.12. The second-order valence-electron chi connectivity index (χ2n) is 5.02. The normalized spacial score (nSPS) is 12.6. The minimum atomic E-state index is 0.779. The topological polar surface area (TPSA) is 0 Å². The second-order valence-corrected chi connectivity index (χ2v) is 5.02. The van der Waals surface area contributed by atoms with E-state index in [0.717, 1.165) is 5.92 Å². The van der Waals surface area contributed by atoms with E-state index in [1.165, 1.54) is 56.9 Å². The highest BCUT2D eigenvalue weighted by atomic mass is 14.1. The van der Waals surface area contributed by atoms with Crippen LogP contribution in [0.1, 0.15) is 76.7 Å². The van der Waals surface area contributed by atoms with E-state index in [-0.39, 0.29) is 0 Å². The largest absolute Gasteiger partial charge is 0.0654 e. The zero-order chi connectivity index (χ0) is 12.3. The van der Waals surface area contributed by atoms with Crippen molar-refractivity contribution in [1.29, 1.82) is 0 Å². The Morgan fingerprint density at radius 1 is 0.882 bits per heavy atom. The van der Waals surface area contributed by atoms with E-state index in [2.05, 4.69) is 44.2 Å². The molecule has 0 saturated heterocycles. The molecule has 0 heteroatoms. The van der Waals surface area contributed by atoms with Gasteiger partial charge in [-0.25, -0.2) is 0 Å². The summed E-state index contributed by atoms with van der Waals surface area (Å²) in [6.45, 7) is 4.56. The molecule has 1 unspecified atom stereocenters. The average molecular weight is 231 g/mol. The number of hydrogen-bond acceptors (Lipinski definition) is 0. The molecule has 0 aliphatic heterocycles. The predicted octanol–water partition coefficient (Wildman–Crippen LogP) is 5.73. The predicted molar refractivity (Wildman–Crippen MR) is 76.3 cm³/mol. The molecule has 0 aromatic heterocycles. The lowest BCUT2D eigenvalue weighted by atomic mass is 9.89. The molecule has 1 aromatic carbocycles. The zero-order valence-electron chi connectivity index (χ0n) is 11.5. The van der Waals surface area contributed by atoms with Gasteiger partial charge in [0.15, 0.2) is 0 Å². The van der Waals surface area contributed by atoms with Crippen molar-refractivity contribution in [1.82, 2.24) is 0 Å². The summed E-state index contributed by atoms with van der Waals surface area (Å²) in [5.74, 6) is 0.779. The Morgan fingerprint density at radius 3 is 2.18 bits per heavy atom. The Balaban J connectivity index is 2.43. The highest BCUT2D eigenvalue weighted by Crippen LogP contribution is 2.27. The first kappa shape index (κ1) is 14.3. The van der Waals surface area contributed by atoms with E-state index in [0.29, 0.717) is 0 Å². The molecular weight excluding hydrogens is 204 g/mol. The average Bonchev–Trinajstić information content (AvgIpc) is 2.39. The molecule has 0 aliphatic rings. The first-order valence-electron chi connectivity index (χ1n) is 7.34. The highest BCUT2D eigenvalue weighted by molar-refractivity contribution is 5.18. The third-order valence-corrected chi connectivity index (χ3v) is 3.53. The van der Waals surface area contributed by atoms with Crippen molar-refractivity contribution < 1.29 is 0 Å². The maximum absolute atomic E-state index is 3.12. The highest BCUT2D eigenvalue weighted by Gasteiger charge is 2.10. The van der Waals surface area contributed by atoms with Gasteiger partial charge in [0.05, 0.1) is 0 Å². The quantitative estimate of drug-likeness (QED) is 0.476. The third-order valence-electron chi connectivity index (χ3n) is 3.53. The Kier molecular flexibility index (Phi) is 7.79. The molecule has 0 heterocycles. The molecule has 0 bridgehead atoms. The third kappa shape index (κ3) is 5.91. The SMILES string of the molecule is CCCCCCC(CCCC)c1cc[c]cc1. The lowest BCUT2D eigenvalue weighted by Gasteiger charge is -2.17. The van der Waals surface area contributed by atoms with Crippen LogP contribution in [-0.2, 0) is 0 Å². The molecule has 1 rings (SSSR count). The molecule has 95 valence electrons. The molecule has 1 aromatic rings. The fraction of sp³-hybridized carbons (Fsp3) is 0.647. The van der Waals surface area contributed by atoms with Gasteiger partial charge in [-0.3, -0.25) is 0 Å². The Morgan fingerprint density at radius 2 is 1.53 bits per heavy atom. The molecule has 0 amide bonds. The van der Waals surface area contributed by atoms with Crippen LogP contribution in [0.2, 0.25) is 0 Å². The Labute approximate surface area is 107 Å². The lowest BCUT2D eigenvalue weighted by molar-refractivity contribution is 0.509. The van der Waals surface area contributed by atoms with E-state index in [4.69, 9.17) is 0 Å². The van der Waals surface area contributed by atoms with Gasteiger partial charge in [0, 0.05) is 0 Å². The molecule has 1 atom stereocenters. The van der Waals surface area contributed by atoms with Crippen LogP contribution in [0.4, 0.5) is 0 Å². The van der Waals surface area contributed by atoms with Crippen molar-refractivity contribution in [2.24, 2.45) is 0 Å². The smallest absolute Gasteiger partial charge is 0.0162 e. The second kappa shape index (κ2) is 9.27. The minimum Gasteiger partial charge on any atom is -0.0654 e. The van der Waals surface area contributed by atoms with Crippen LogP contribution in [0.5, 0.6) is 0 Å². The van der Waals surface area contributed by atoms with Gasteiger partial charge in [0.2, 0.25) is 0 Å². The number of unbranched alkanes of at least 4 members (excludes halogenated alkanes) is 4. The van der Waals surface area contributed by atoms with Gasteiger partial charge in [-0.1, -0.05) is 76.6 Å². The zero-order valence-corrected chi connectivity index (χ0v) is 11.5. The summed E-state index contributed by atoms with van der Waals surface area (Å²) in [6.07, 6.45) is 10.9. The van der Waals surface area contributed by atoms with E-state index < -0.39 is 0 Å². The Hall–Kier alpha value is -0.780. The van der Waals surface area contributed by atoms with Crippen LogP contribution in [-0.4, -0.2) is 0 Å². The maximum Gasteiger partial charge on any atom is -0.0162 e. The summed E-state index contributed by atoms with van der Waals surface area (Å²) in [6, 6.07) is 11.7. The van der Waals surface area contributed by atoms with Crippen molar-refractivity contribution >= 4 is 0 Å². The lowest BCUT2D eigenvalue weighted by Crippen LogP contribution is -1.99. The molecule has 0 saturated carbocycles. The van der Waals surface area contributed by atoms with Crippen LogP contribution in [0.3, 0.4) is 0 Å². The summed E-state index contributed by atoms with van der Waals surface area (Å²) in [5.41, 5.74) is 1.52. The molecule has 1 radical (unpaired) electrons. The van der Waals surface area contributed by atoms with E-state index in [9.17, 15) is 0 Å². The van der Waals surface area contributed by atoms with E-state index >= 15 is 0 Å². The van der Waals surface area contributed by atoms with Gasteiger partial charge in [-0.15, -0.1) is 0 Å². The number of hydrogen-bond donors (Lipinski definition) is 0. The van der Waals surface area contributed by atoms with E-state index in [1.54, 1.807) is 0 Å². The molecule has 0 aliphatic carbocycles. The Bertz CT molecular complexity index is 263. The number of benzene rings is 1. The van der Waals surface area contributed by atoms with Gasteiger partial charge < -0.3 is 0 Å². The van der Waals surface area contributed by atoms with Crippen molar-refractivity contribution in [3.05, 3.63) is 35.9 Å². The molecule has 0 N–H and O–H groups in total. The summed E-state index contributed by atoms with van der Waals surface area (Å²) < 4.78 is 0. The summed E-state index contributed by atoms with van der Waals surface area (Å²) in [5, 5.41) is 0. The molecule has 0 fully saturated rings. The van der Waals surface area contributed by atoms with Gasteiger partial charge in [0.1, 0.15) is 0 Å². The molecule has 0 spiro atoms. The van der Waals surface area contributed by atoms with Crippen molar-refractivity contribution in [3.63, 3.8) is 0 Å². The standard InChI is InChI=1S/C17H27/c1-3-5-7-9-13-16(12-6-4-2)17-14-10-8-11-15-17/h10-11,14-16H,3-7,9,12-13H2,1-2H3. The first-order chi connectivity index (χ1) is 8.38. The molecule has 0 nitrogen and oxygen atoms in total. The summed E-state index contributed by atoms with van der Waals surface area (Å²) in [4.78, 5) is 0. The molecule has 17 heavy (non-hydrogen) atoms. The van der Waals surface area contributed by atoms with Gasteiger partial charge in [-0.05, 0) is 30.4 Å². The van der Waals surface area contributed by atoms with Crippen LogP contribution in [0.15, 0.2) is 24.3 Å². The van der Waals surface area contributed by atoms with Gasteiger partial charge >= 0.3 is 0 Å².